The summed E-state index contributed by atoms with van der Waals surface area (Å²) >= 11 is 1.35. The predicted molar refractivity (Wildman–Crippen MR) is 99.5 cm³/mol. The summed E-state index contributed by atoms with van der Waals surface area (Å²) in [6.45, 7) is 0. The first kappa shape index (κ1) is 17.1. The zero-order valence-corrected chi connectivity index (χ0v) is 14.9. The molecule has 3 rings (SSSR count). The number of anilines is 2. The number of nitrogens with two attached hydrogens (primary N) is 1. The molecule has 3 N–H and O–H groups in total. The second-order valence-electron chi connectivity index (χ2n) is 5.40. The zero-order chi connectivity index (χ0) is 18.0. The van der Waals surface area contributed by atoms with E-state index in [1.165, 1.54) is 35.6 Å². The Balaban J connectivity index is 1.79. The second-order valence-corrected chi connectivity index (χ2v) is 8.31. The van der Waals surface area contributed by atoms with E-state index in [4.69, 9.17) is 5.73 Å². The number of sulfone groups is 1. The Labute approximate surface area is 149 Å². The number of amides is 1. The maximum absolute atomic E-state index is 12.3. The Morgan fingerprint density at radius 3 is 2.48 bits per heavy atom. The summed E-state index contributed by atoms with van der Waals surface area (Å²) in [6, 6.07) is 13.1. The number of benzene rings is 2. The number of carbonyl (C=O) groups is 1. The van der Waals surface area contributed by atoms with Crippen LogP contribution in [0.25, 0.3) is 11.3 Å². The van der Waals surface area contributed by atoms with Gasteiger partial charge >= 0.3 is 0 Å². The van der Waals surface area contributed by atoms with Gasteiger partial charge in [-0.15, -0.1) is 11.3 Å². The number of nitrogens with zero attached hydrogens (tertiary/aromatic N) is 1. The second kappa shape index (κ2) is 6.66. The smallest absolute Gasteiger partial charge is 0.255 e. The van der Waals surface area contributed by atoms with Crippen molar-refractivity contribution in [3.63, 3.8) is 0 Å². The molecule has 8 heteroatoms. The molecule has 0 unspecified atom stereocenters. The third-order valence-electron chi connectivity index (χ3n) is 3.48. The number of carbonyl (C=O) groups excluding carboxylic acids is 1. The monoisotopic (exact) mass is 373 g/mol. The molecule has 0 atom stereocenters. The molecule has 2 aromatic carbocycles. The lowest BCUT2D eigenvalue weighted by Gasteiger charge is -2.07. The van der Waals surface area contributed by atoms with Gasteiger partial charge in [-0.25, -0.2) is 13.4 Å². The molecule has 1 aromatic heterocycles. The topological polar surface area (TPSA) is 102 Å². The van der Waals surface area contributed by atoms with E-state index in [1.807, 2.05) is 17.5 Å². The van der Waals surface area contributed by atoms with Crippen LogP contribution in [0.15, 0.2) is 58.8 Å². The molecule has 25 heavy (non-hydrogen) atoms. The van der Waals surface area contributed by atoms with Gasteiger partial charge < -0.3 is 11.1 Å². The van der Waals surface area contributed by atoms with Gasteiger partial charge in [0, 0.05) is 28.5 Å². The maximum atomic E-state index is 12.3. The molecule has 0 fully saturated rings. The predicted octanol–water partition coefficient (Wildman–Crippen LogP) is 3.05. The normalized spacial score (nSPS) is 11.2. The summed E-state index contributed by atoms with van der Waals surface area (Å²) in [7, 11) is -3.29. The SMILES string of the molecule is CS(=O)(=O)c1ccc(C(=O)Nc2cccc(-c3csc(N)n3)c2)cc1. The minimum atomic E-state index is -3.29. The Morgan fingerprint density at radius 1 is 1.16 bits per heavy atom. The average Bonchev–Trinajstić information content (AvgIpc) is 3.01. The number of nitrogens with one attached hydrogen (secondary N) is 1. The van der Waals surface area contributed by atoms with E-state index < -0.39 is 9.84 Å². The molecule has 1 amide bonds. The van der Waals surface area contributed by atoms with Crippen molar-refractivity contribution < 1.29 is 13.2 Å². The molecule has 0 spiro atoms. The van der Waals surface area contributed by atoms with Crippen LogP contribution < -0.4 is 11.1 Å². The number of hydrogen-bond acceptors (Lipinski definition) is 6. The van der Waals surface area contributed by atoms with E-state index in [0.29, 0.717) is 16.4 Å². The van der Waals surface area contributed by atoms with E-state index in [0.717, 1.165) is 17.5 Å². The lowest BCUT2D eigenvalue weighted by atomic mass is 10.1. The molecule has 0 aliphatic rings. The number of rotatable bonds is 4. The van der Waals surface area contributed by atoms with Crippen LogP contribution in [0.4, 0.5) is 10.8 Å². The largest absolute Gasteiger partial charge is 0.375 e. The fourth-order valence-corrected chi connectivity index (χ4v) is 3.44. The molecule has 1 heterocycles. The van der Waals surface area contributed by atoms with Gasteiger partial charge in [-0.05, 0) is 36.4 Å². The number of thiazole rings is 1. The minimum absolute atomic E-state index is 0.173. The first-order valence-electron chi connectivity index (χ1n) is 7.26. The summed E-state index contributed by atoms with van der Waals surface area (Å²) in [5, 5.41) is 5.12. The van der Waals surface area contributed by atoms with Crippen molar-refractivity contribution in [3.8, 4) is 11.3 Å². The standard InChI is InChI=1S/C17H15N3O3S2/c1-25(22,23)14-7-5-11(6-8-14)16(21)19-13-4-2-3-12(9-13)15-10-24-17(18)20-15/h2-10H,1H3,(H2,18,20)(H,19,21). The van der Waals surface area contributed by atoms with Gasteiger partial charge in [0.05, 0.1) is 10.6 Å². The molecule has 0 aliphatic carbocycles. The van der Waals surface area contributed by atoms with E-state index in [9.17, 15) is 13.2 Å². The maximum Gasteiger partial charge on any atom is 0.255 e. The van der Waals surface area contributed by atoms with Gasteiger partial charge in [-0.2, -0.15) is 0 Å². The fourth-order valence-electron chi connectivity index (χ4n) is 2.23. The molecule has 0 saturated carbocycles. The van der Waals surface area contributed by atoms with Crippen LogP contribution in [0, 0.1) is 0 Å². The highest BCUT2D eigenvalue weighted by molar-refractivity contribution is 7.90. The van der Waals surface area contributed by atoms with E-state index in [1.54, 1.807) is 12.1 Å². The third kappa shape index (κ3) is 4.04. The van der Waals surface area contributed by atoms with E-state index in [-0.39, 0.29) is 10.8 Å². The van der Waals surface area contributed by atoms with E-state index >= 15 is 0 Å². The molecular formula is C17H15N3O3S2. The van der Waals surface area contributed by atoms with E-state index in [2.05, 4.69) is 10.3 Å². The summed E-state index contributed by atoms with van der Waals surface area (Å²) in [5.41, 5.74) is 8.22. The Kier molecular flexibility index (Phi) is 4.56. The number of nitrogen functional groups attached to an aromatic ring is 1. The summed E-state index contributed by atoms with van der Waals surface area (Å²) in [6.07, 6.45) is 1.12. The van der Waals surface area contributed by atoms with Crippen molar-refractivity contribution in [3.05, 3.63) is 59.5 Å². The first-order valence-corrected chi connectivity index (χ1v) is 10.0. The molecule has 0 radical (unpaired) electrons. The summed E-state index contributed by atoms with van der Waals surface area (Å²) < 4.78 is 22.9. The van der Waals surface area contributed by atoms with Crippen molar-refractivity contribution in [2.24, 2.45) is 0 Å². The molecule has 0 saturated heterocycles. The summed E-state index contributed by atoms with van der Waals surface area (Å²) in [5.74, 6) is -0.324. The van der Waals surface area contributed by atoms with Crippen LogP contribution in [0.2, 0.25) is 0 Å². The fraction of sp³-hybridized carbons (Fsp3) is 0.0588. The highest BCUT2D eigenvalue weighted by Gasteiger charge is 2.11. The Morgan fingerprint density at radius 2 is 1.88 bits per heavy atom. The summed E-state index contributed by atoms with van der Waals surface area (Å²) in [4.78, 5) is 16.7. The number of hydrogen-bond donors (Lipinski definition) is 2. The highest BCUT2D eigenvalue weighted by atomic mass is 32.2. The van der Waals surface area contributed by atoms with Crippen molar-refractivity contribution in [2.75, 3.05) is 17.3 Å². The lowest BCUT2D eigenvalue weighted by Crippen LogP contribution is -2.12. The van der Waals surface area contributed by atoms with Crippen molar-refractivity contribution in [2.45, 2.75) is 4.90 Å². The van der Waals surface area contributed by atoms with Gasteiger partial charge in [0.25, 0.3) is 5.91 Å². The van der Waals surface area contributed by atoms with Crippen LogP contribution >= 0.6 is 11.3 Å². The van der Waals surface area contributed by atoms with Gasteiger partial charge in [0.15, 0.2) is 15.0 Å². The number of aromatic nitrogens is 1. The van der Waals surface area contributed by atoms with Crippen LogP contribution in [0.3, 0.4) is 0 Å². The molecule has 6 nitrogen and oxygen atoms in total. The molecule has 3 aromatic rings. The van der Waals surface area contributed by atoms with Gasteiger partial charge in [-0.3, -0.25) is 4.79 Å². The van der Waals surface area contributed by atoms with Crippen molar-refractivity contribution in [1.29, 1.82) is 0 Å². The van der Waals surface area contributed by atoms with Crippen LogP contribution in [0.1, 0.15) is 10.4 Å². The first-order chi connectivity index (χ1) is 11.8. The van der Waals surface area contributed by atoms with Crippen LogP contribution in [-0.2, 0) is 9.84 Å². The Hall–Kier alpha value is -2.71. The van der Waals surface area contributed by atoms with Gasteiger partial charge in [-0.1, -0.05) is 12.1 Å². The molecular weight excluding hydrogens is 358 g/mol. The average molecular weight is 373 g/mol. The van der Waals surface area contributed by atoms with Gasteiger partial charge in [0.2, 0.25) is 0 Å². The highest BCUT2D eigenvalue weighted by Crippen LogP contribution is 2.25. The molecule has 0 aliphatic heterocycles. The van der Waals surface area contributed by atoms with Crippen LogP contribution in [-0.4, -0.2) is 25.6 Å². The third-order valence-corrected chi connectivity index (χ3v) is 5.29. The molecule has 0 bridgehead atoms. The quantitative estimate of drug-likeness (QED) is 0.732. The van der Waals surface area contributed by atoms with Gasteiger partial charge in [0.1, 0.15) is 0 Å². The zero-order valence-electron chi connectivity index (χ0n) is 13.3. The minimum Gasteiger partial charge on any atom is -0.375 e. The lowest BCUT2D eigenvalue weighted by molar-refractivity contribution is 0.102. The van der Waals surface area contributed by atoms with Crippen molar-refractivity contribution in [1.82, 2.24) is 4.98 Å². The van der Waals surface area contributed by atoms with Crippen molar-refractivity contribution >= 4 is 37.9 Å². The Bertz CT molecular complexity index is 1030. The van der Waals surface area contributed by atoms with Crippen LogP contribution in [0.5, 0.6) is 0 Å². The molecule has 128 valence electrons.